The lowest BCUT2D eigenvalue weighted by Crippen LogP contribution is -2.34. The molecule has 0 radical (unpaired) electrons. The van der Waals surface area contributed by atoms with Gasteiger partial charge < -0.3 is 20.5 Å². The van der Waals surface area contributed by atoms with Crippen LogP contribution in [0.3, 0.4) is 0 Å². The zero-order valence-corrected chi connectivity index (χ0v) is 13.5. The van der Waals surface area contributed by atoms with Crippen LogP contribution in [-0.2, 0) is 16.1 Å². The first kappa shape index (κ1) is 16.8. The van der Waals surface area contributed by atoms with Gasteiger partial charge in [-0.25, -0.2) is 4.39 Å². The van der Waals surface area contributed by atoms with Gasteiger partial charge in [0.25, 0.3) is 0 Å². The Morgan fingerprint density at radius 3 is 2.92 bits per heavy atom. The largest absolute Gasteiger partial charge is 0.504 e. The lowest BCUT2D eigenvalue weighted by Gasteiger charge is -2.25. The van der Waals surface area contributed by atoms with Gasteiger partial charge in [0, 0.05) is 18.7 Å². The van der Waals surface area contributed by atoms with Gasteiger partial charge in [-0.15, -0.1) is 0 Å². The molecule has 0 spiro atoms. The van der Waals surface area contributed by atoms with Gasteiger partial charge in [0.05, 0.1) is 13.0 Å². The molecule has 0 bridgehead atoms. The number of carbonyl (C=O) groups excluding carboxylic acids is 2. The van der Waals surface area contributed by atoms with Crippen LogP contribution in [0, 0.1) is 5.82 Å². The fourth-order valence-electron chi connectivity index (χ4n) is 2.82. The third-order valence-corrected chi connectivity index (χ3v) is 4.08. The van der Waals surface area contributed by atoms with Crippen LogP contribution in [0.1, 0.15) is 23.5 Å². The summed E-state index contributed by atoms with van der Waals surface area (Å²) in [5.41, 5.74) is 1.65. The summed E-state index contributed by atoms with van der Waals surface area (Å²) >= 11 is 0. The third kappa shape index (κ3) is 3.55. The Morgan fingerprint density at radius 1 is 1.36 bits per heavy atom. The van der Waals surface area contributed by atoms with Gasteiger partial charge in [-0.2, -0.15) is 0 Å². The highest BCUT2D eigenvalue weighted by Crippen LogP contribution is 2.33. The lowest BCUT2D eigenvalue weighted by molar-refractivity contribution is -0.126. The van der Waals surface area contributed by atoms with Crippen molar-refractivity contribution in [2.75, 3.05) is 12.4 Å². The van der Waals surface area contributed by atoms with E-state index in [1.54, 1.807) is 12.1 Å². The Labute approximate surface area is 143 Å². The average molecular weight is 344 g/mol. The van der Waals surface area contributed by atoms with Crippen LogP contribution in [0.2, 0.25) is 0 Å². The molecule has 6 nitrogen and oxygen atoms in total. The highest BCUT2D eigenvalue weighted by atomic mass is 19.1. The number of ether oxygens (including phenoxy) is 1. The molecule has 3 rings (SSSR count). The van der Waals surface area contributed by atoms with E-state index in [4.69, 9.17) is 4.74 Å². The maximum Gasteiger partial charge on any atom is 0.228 e. The van der Waals surface area contributed by atoms with Crippen molar-refractivity contribution >= 4 is 17.5 Å². The number of amides is 2. The normalized spacial score (nSPS) is 15.9. The number of rotatable bonds is 4. The van der Waals surface area contributed by atoms with E-state index in [0.29, 0.717) is 17.0 Å². The van der Waals surface area contributed by atoms with Crippen LogP contribution < -0.4 is 15.4 Å². The van der Waals surface area contributed by atoms with Crippen molar-refractivity contribution in [1.82, 2.24) is 5.32 Å². The Balaban J connectivity index is 1.75. The van der Waals surface area contributed by atoms with E-state index in [0.717, 1.165) is 5.56 Å². The predicted molar refractivity (Wildman–Crippen MR) is 88.9 cm³/mol. The summed E-state index contributed by atoms with van der Waals surface area (Å²) in [6.45, 7) is 0.212. The molecular weight excluding hydrogens is 327 g/mol. The second-order valence-electron chi connectivity index (χ2n) is 5.76. The van der Waals surface area contributed by atoms with Gasteiger partial charge in [-0.05, 0) is 35.4 Å². The standard InChI is InChI=1S/C18H17FN2O4/c1-25-16-6-10(2-5-15(16)22)9-20-18(24)13-8-17(23)21-14-7-11(19)3-4-12(13)14/h2-7,13,22H,8-9H2,1H3,(H,20,24)(H,21,23)/t13-/m0/s1. The Morgan fingerprint density at radius 2 is 2.16 bits per heavy atom. The number of methoxy groups -OCH3 is 1. The lowest BCUT2D eigenvalue weighted by atomic mass is 9.89. The topological polar surface area (TPSA) is 87.7 Å². The molecule has 2 aromatic rings. The van der Waals surface area contributed by atoms with Crippen LogP contribution in [0.25, 0.3) is 0 Å². The maximum absolute atomic E-state index is 13.3. The number of aromatic hydroxyl groups is 1. The van der Waals surface area contributed by atoms with Gasteiger partial charge in [0.2, 0.25) is 11.8 Å². The van der Waals surface area contributed by atoms with E-state index >= 15 is 0 Å². The second kappa shape index (κ2) is 6.80. The molecule has 2 amide bonds. The minimum Gasteiger partial charge on any atom is -0.504 e. The highest BCUT2D eigenvalue weighted by molar-refractivity contribution is 6.01. The zero-order chi connectivity index (χ0) is 18.0. The molecule has 0 saturated carbocycles. The van der Waals surface area contributed by atoms with Crippen molar-refractivity contribution < 1.29 is 23.8 Å². The molecule has 1 aliphatic heterocycles. The first-order valence-electron chi connectivity index (χ1n) is 7.71. The number of halogens is 1. The summed E-state index contributed by atoms with van der Waals surface area (Å²) in [5, 5.41) is 14.9. The molecule has 0 aliphatic carbocycles. The number of fused-ring (bicyclic) bond motifs is 1. The predicted octanol–water partition coefficient (Wildman–Crippen LogP) is 2.28. The van der Waals surface area contributed by atoms with Crippen molar-refractivity contribution in [3.63, 3.8) is 0 Å². The first-order chi connectivity index (χ1) is 12.0. The minimum absolute atomic E-state index is 0.00334. The summed E-state index contributed by atoms with van der Waals surface area (Å²) in [6, 6.07) is 8.74. The molecule has 0 fully saturated rings. The average Bonchev–Trinajstić information content (AvgIpc) is 2.59. The second-order valence-corrected chi connectivity index (χ2v) is 5.76. The monoisotopic (exact) mass is 344 g/mol. The molecule has 0 aromatic heterocycles. The van der Waals surface area contributed by atoms with Crippen LogP contribution in [-0.4, -0.2) is 24.0 Å². The molecule has 1 aliphatic rings. The van der Waals surface area contributed by atoms with Crippen molar-refractivity contribution in [2.24, 2.45) is 0 Å². The smallest absolute Gasteiger partial charge is 0.228 e. The molecule has 3 N–H and O–H groups in total. The Hall–Kier alpha value is -3.09. The van der Waals surface area contributed by atoms with Crippen LogP contribution in [0.4, 0.5) is 10.1 Å². The number of nitrogens with one attached hydrogen (secondary N) is 2. The molecule has 25 heavy (non-hydrogen) atoms. The summed E-state index contributed by atoms with van der Waals surface area (Å²) in [7, 11) is 1.44. The molecule has 130 valence electrons. The number of benzene rings is 2. The first-order valence-corrected chi connectivity index (χ1v) is 7.71. The number of hydrogen-bond donors (Lipinski definition) is 3. The van der Waals surface area contributed by atoms with Gasteiger partial charge in [-0.1, -0.05) is 12.1 Å². The Kier molecular flexibility index (Phi) is 4.56. The number of hydrogen-bond acceptors (Lipinski definition) is 4. The molecule has 0 unspecified atom stereocenters. The van der Waals surface area contributed by atoms with Crippen LogP contribution in [0.15, 0.2) is 36.4 Å². The van der Waals surface area contributed by atoms with E-state index in [9.17, 15) is 19.1 Å². The third-order valence-electron chi connectivity index (χ3n) is 4.08. The summed E-state index contributed by atoms with van der Waals surface area (Å²) in [6.07, 6.45) is 0.00334. The van der Waals surface area contributed by atoms with Crippen LogP contribution >= 0.6 is 0 Å². The summed E-state index contributed by atoms with van der Waals surface area (Å²) in [4.78, 5) is 24.3. The molecule has 1 atom stereocenters. The van der Waals surface area contributed by atoms with E-state index in [-0.39, 0.29) is 30.5 Å². The molecule has 1 heterocycles. The number of anilines is 1. The maximum atomic E-state index is 13.3. The van der Waals surface area contributed by atoms with Gasteiger partial charge in [-0.3, -0.25) is 9.59 Å². The zero-order valence-electron chi connectivity index (χ0n) is 13.5. The highest BCUT2D eigenvalue weighted by Gasteiger charge is 2.30. The van der Waals surface area contributed by atoms with Gasteiger partial charge in [0.1, 0.15) is 5.82 Å². The fourth-order valence-corrected chi connectivity index (χ4v) is 2.82. The van der Waals surface area contributed by atoms with Crippen LogP contribution in [0.5, 0.6) is 11.5 Å². The van der Waals surface area contributed by atoms with Crippen molar-refractivity contribution in [3.8, 4) is 11.5 Å². The molecule has 2 aromatic carbocycles. The van der Waals surface area contributed by atoms with E-state index in [1.807, 2.05) is 0 Å². The summed E-state index contributed by atoms with van der Waals surface area (Å²) in [5.74, 6) is -1.49. The number of carbonyl (C=O) groups is 2. The SMILES string of the molecule is COc1cc(CNC(=O)[C@H]2CC(=O)Nc3cc(F)ccc32)ccc1O. The van der Waals surface area contributed by atoms with Crippen molar-refractivity contribution in [2.45, 2.75) is 18.9 Å². The fraction of sp³-hybridized carbons (Fsp3) is 0.222. The number of phenolic OH excluding ortho intramolecular Hbond substituents is 1. The molecular formula is C18H17FN2O4. The Bertz CT molecular complexity index is 838. The molecule has 0 saturated heterocycles. The van der Waals surface area contributed by atoms with Crippen molar-refractivity contribution in [1.29, 1.82) is 0 Å². The van der Waals surface area contributed by atoms with E-state index in [1.165, 1.54) is 31.4 Å². The van der Waals surface area contributed by atoms with Gasteiger partial charge in [0.15, 0.2) is 11.5 Å². The van der Waals surface area contributed by atoms with Gasteiger partial charge >= 0.3 is 0 Å². The quantitative estimate of drug-likeness (QED) is 0.794. The minimum atomic E-state index is -0.677. The molecule has 7 heteroatoms. The summed E-state index contributed by atoms with van der Waals surface area (Å²) < 4.78 is 18.4. The van der Waals surface area contributed by atoms with Crippen molar-refractivity contribution in [3.05, 3.63) is 53.3 Å². The van der Waals surface area contributed by atoms with E-state index in [2.05, 4.69) is 10.6 Å². The van der Waals surface area contributed by atoms with E-state index < -0.39 is 11.7 Å². The number of phenols is 1.